The second-order valence-electron chi connectivity index (χ2n) is 2.68. The quantitative estimate of drug-likeness (QED) is 0.875. The second-order valence-corrected chi connectivity index (χ2v) is 3.60. The van der Waals surface area contributed by atoms with E-state index in [1.165, 1.54) is 12.1 Å². The molecule has 1 N–H and O–H groups in total. The molecule has 0 saturated carbocycles. The fourth-order valence-corrected chi connectivity index (χ4v) is 1.24. The van der Waals surface area contributed by atoms with E-state index in [2.05, 4.69) is 15.9 Å². The molecule has 0 amide bonds. The van der Waals surface area contributed by atoms with Gasteiger partial charge in [0.25, 0.3) is 5.92 Å². The van der Waals surface area contributed by atoms with Gasteiger partial charge in [0.15, 0.2) is 0 Å². The summed E-state index contributed by atoms with van der Waals surface area (Å²) < 4.78 is 27.0. The highest BCUT2D eigenvalue weighted by molar-refractivity contribution is 9.10. The van der Waals surface area contributed by atoms with Gasteiger partial charge in [0.05, 0.1) is 0 Å². The van der Waals surface area contributed by atoms with E-state index in [-0.39, 0.29) is 5.56 Å². The first-order valence-corrected chi connectivity index (χ1v) is 4.60. The van der Waals surface area contributed by atoms with E-state index < -0.39 is 19.0 Å². The van der Waals surface area contributed by atoms with Crippen molar-refractivity contribution < 1.29 is 13.9 Å². The Hall–Kier alpha value is -0.480. The van der Waals surface area contributed by atoms with Crippen molar-refractivity contribution in [2.75, 3.05) is 6.61 Å². The highest BCUT2D eigenvalue weighted by Gasteiger charge is 2.30. The summed E-state index contributed by atoms with van der Waals surface area (Å²) in [6, 6.07) is 5.81. The third-order valence-corrected chi connectivity index (χ3v) is 2.22. The zero-order chi connectivity index (χ0) is 9.90. The minimum Gasteiger partial charge on any atom is -0.396 e. The molecule has 0 atom stereocenters. The molecular formula is C9H9BrF2O. The molecule has 1 aromatic carbocycles. The van der Waals surface area contributed by atoms with Crippen LogP contribution in [0.4, 0.5) is 8.78 Å². The first-order chi connectivity index (χ1) is 6.06. The Labute approximate surface area is 83.5 Å². The monoisotopic (exact) mass is 250 g/mol. The van der Waals surface area contributed by atoms with Crippen molar-refractivity contribution >= 4 is 15.9 Å². The Morgan fingerprint density at radius 3 is 2.23 bits per heavy atom. The van der Waals surface area contributed by atoms with E-state index in [0.29, 0.717) is 0 Å². The van der Waals surface area contributed by atoms with Gasteiger partial charge in [0, 0.05) is 23.1 Å². The van der Waals surface area contributed by atoms with E-state index >= 15 is 0 Å². The van der Waals surface area contributed by atoms with Gasteiger partial charge in [-0.15, -0.1) is 0 Å². The van der Waals surface area contributed by atoms with Crippen LogP contribution in [0.3, 0.4) is 0 Å². The number of halogens is 3. The largest absolute Gasteiger partial charge is 0.396 e. The fraction of sp³-hybridized carbons (Fsp3) is 0.333. The van der Waals surface area contributed by atoms with Crippen LogP contribution >= 0.6 is 15.9 Å². The molecule has 0 aliphatic heterocycles. The lowest BCUT2D eigenvalue weighted by Crippen LogP contribution is -2.14. The molecule has 1 nitrogen and oxygen atoms in total. The topological polar surface area (TPSA) is 20.2 Å². The first-order valence-electron chi connectivity index (χ1n) is 3.81. The van der Waals surface area contributed by atoms with E-state index in [1.807, 2.05) is 0 Å². The maximum absolute atomic E-state index is 13.1. The van der Waals surface area contributed by atoms with Crippen molar-refractivity contribution in [2.24, 2.45) is 0 Å². The molecule has 0 unspecified atom stereocenters. The second kappa shape index (κ2) is 4.15. The Morgan fingerprint density at radius 2 is 1.77 bits per heavy atom. The molecule has 0 fully saturated rings. The fourth-order valence-electron chi connectivity index (χ4n) is 0.978. The number of aliphatic hydroxyl groups excluding tert-OH is 1. The average molecular weight is 251 g/mol. The molecule has 0 spiro atoms. The van der Waals surface area contributed by atoms with Crippen LogP contribution < -0.4 is 0 Å². The summed E-state index contributed by atoms with van der Waals surface area (Å²) >= 11 is 3.16. The SMILES string of the molecule is OCCC(F)(F)c1ccc(Br)cc1. The summed E-state index contributed by atoms with van der Waals surface area (Å²) in [4.78, 5) is 0. The lowest BCUT2D eigenvalue weighted by Gasteiger charge is -2.14. The van der Waals surface area contributed by atoms with E-state index in [0.717, 1.165) is 4.47 Å². The van der Waals surface area contributed by atoms with Crippen molar-refractivity contribution in [3.63, 3.8) is 0 Å². The molecular weight excluding hydrogens is 242 g/mol. The van der Waals surface area contributed by atoms with Crippen LogP contribution in [-0.2, 0) is 5.92 Å². The third kappa shape index (κ3) is 2.74. The molecule has 4 heteroatoms. The van der Waals surface area contributed by atoms with Crippen LogP contribution in [0.5, 0.6) is 0 Å². The minimum absolute atomic E-state index is 0.0650. The third-order valence-electron chi connectivity index (χ3n) is 1.69. The highest BCUT2D eigenvalue weighted by atomic mass is 79.9. The average Bonchev–Trinajstić information content (AvgIpc) is 2.05. The smallest absolute Gasteiger partial charge is 0.275 e. The van der Waals surface area contributed by atoms with Crippen molar-refractivity contribution in [1.82, 2.24) is 0 Å². The van der Waals surface area contributed by atoms with Crippen molar-refractivity contribution in [2.45, 2.75) is 12.3 Å². The predicted molar refractivity (Wildman–Crippen MR) is 49.7 cm³/mol. The Kier molecular flexibility index (Phi) is 3.39. The Bertz CT molecular complexity index is 271. The van der Waals surface area contributed by atoms with Crippen LogP contribution in [0, 0.1) is 0 Å². The predicted octanol–water partition coefficient (Wildman–Crippen LogP) is 2.92. The van der Waals surface area contributed by atoms with Gasteiger partial charge in [-0.3, -0.25) is 0 Å². The van der Waals surface area contributed by atoms with Gasteiger partial charge in [-0.1, -0.05) is 28.1 Å². The highest BCUT2D eigenvalue weighted by Crippen LogP contribution is 2.31. The van der Waals surface area contributed by atoms with Gasteiger partial charge >= 0.3 is 0 Å². The number of aliphatic hydroxyl groups is 1. The molecule has 1 rings (SSSR count). The van der Waals surface area contributed by atoms with Crippen molar-refractivity contribution in [1.29, 1.82) is 0 Å². The maximum Gasteiger partial charge on any atom is 0.275 e. The summed E-state index contributed by atoms with van der Waals surface area (Å²) in [7, 11) is 0. The molecule has 13 heavy (non-hydrogen) atoms. The summed E-state index contributed by atoms with van der Waals surface area (Å²) in [5.41, 5.74) is -0.0650. The van der Waals surface area contributed by atoms with Crippen LogP contribution in [0.2, 0.25) is 0 Å². The molecule has 72 valence electrons. The zero-order valence-corrected chi connectivity index (χ0v) is 8.39. The minimum atomic E-state index is -2.94. The van der Waals surface area contributed by atoms with Crippen molar-refractivity contribution in [3.8, 4) is 0 Å². The number of hydrogen-bond acceptors (Lipinski definition) is 1. The molecule has 1 aromatic rings. The van der Waals surface area contributed by atoms with Gasteiger partial charge in [0.2, 0.25) is 0 Å². The molecule has 0 heterocycles. The van der Waals surface area contributed by atoms with Gasteiger partial charge in [-0.05, 0) is 12.1 Å². The van der Waals surface area contributed by atoms with Crippen LogP contribution in [0.25, 0.3) is 0 Å². The van der Waals surface area contributed by atoms with E-state index in [9.17, 15) is 8.78 Å². The van der Waals surface area contributed by atoms with Crippen LogP contribution in [0.15, 0.2) is 28.7 Å². The molecule has 0 aliphatic rings. The number of alkyl halides is 2. The molecule has 0 aliphatic carbocycles. The lowest BCUT2D eigenvalue weighted by molar-refractivity contribution is -0.0269. The van der Waals surface area contributed by atoms with Gasteiger partial charge in [-0.25, -0.2) is 8.78 Å². The van der Waals surface area contributed by atoms with E-state index in [1.54, 1.807) is 12.1 Å². The zero-order valence-electron chi connectivity index (χ0n) is 6.80. The molecule has 0 aromatic heterocycles. The lowest BCUT2D eigenvalue weighted by atomic mass is 10.1. The molecule has 0 saturated heterocycles. The van der Waals surface area contributed by atoms with Crippen LogP contribution in [-0.4, -0.2) is 11.7 Å². The summed E-state index contributed by atoms with van der Waals surface area (Å²) in [6.45, 7) is -0.511. The summed E-state index contributed by atoms with van der Waals surface area (Å²) in [6.07, 6.45) is -0.533. The van der Waals surface area contributed by atoms with Crippen LogP contribution in [0.1, 0.15) is 12.0 Å². The molecule has 0 bridgehead atoms. The van der Waals surface area contributed by atoms with Gasteiger partial charge in [0.1, 0.15) is 0 Å². The van der Waals surface area contributed by atoms with Crippen molar-refractivity contribution in [3.05, 3.63) is 34.3 Å². The van der Waals surface area contributed by atoms with Gasteiger partial charge in [-0.2, -0.15) is 0 Å². The van der Waals surface area contributed by atoms with Gasteiger partial charge < -0.3 is 5.11 Å². The Morgan fingerprint density at radius 1 is 1.23 bits per heavy atom. The molecule has 0 radical (unpaired) electrons. The summed E-state index contributed by atoms with van der Waals surface area (Å²) in [5.74, 6) is -2.94. The summed E-state index contributed by atoms with van der Waals surface area (Å²) in [5, 5.41) is 8.43. The Balaban J connectivity index is 2.87. The van der Waals surface area contributed by atoms with E-state index in [4.69, 9.17) is 5.11 Å². The maximum atomic E-state index is 13.1. The standard InChI is InChI=1S/C9H9BrF2O/c10-8-3-1-7(2-4-8)9(11,12)5-6-13/h1-4,13H,5-6H2. The normalized spacial score (nSPS) is 11.7. The number of hydrogen-bond donors (Lipinski definition) is 1. The first kappa shape index (κ1) is 10.6. The number of rotatable bonds is 3. The number of benzene rings is 1.